The van der Waals surface area contributed by atoms with Crippen LogP contribution in [0.5, 0.6) is 0 Å². The molecule has 0 unspecified atom stereocenters. The summed E-state index contributed by atoms with van der Waals surface area (Å²) in [6, 6.07) is 31.4. The molecule has 8 aromatic rings. The Morgan fingerprint density at radius 2 is 0.750 bits per heavy atom. The van der Waals surface area contributed by atoms with Gasteiger partial charge in [0.2, 0.25) is 0 Å². The lowest BCUT2D eigenvalue weighted by Gasteiger charge is -1.90. The number of para-hydroxylation sites is 3. The van der Waals surface area contributed by atoms with Gasteiger partial charge in [-0.1, -0.05) is 54.6 Å². The molecule has 0 amide bonds. The average Bonchev–Trinajstić information content (AvgIpc) is 3.06. The van der Waals surface area contributed by atoms with Crippen LogP contribution < -0.4 is 0 Å². The second-order valence-electron chi connectivity index (χ2n) is 8.29. The first-order valence-electron chi connectivity index (χ1n) is 12.5. The largest absolute Gasteiger partial charge is 0.255 e. The highest BCUT2D eigenvalue weighted by Gasteiger charge is 1.90. The van der Waals surface area contributed by atoms with Crippen molar-refractivity contribution in [3.63, 3.8) is 0 Å². The minimum Gasteiger partial charge on any atom is -0.255 e. The van der Waals surface area contributed by atoms with Crippen LogP contribution in [-0.4, -0.2) is 40.1 Å². The molecule has 0 radical (unpaired) electrons. The van der Waals surface area contributed by atoms with Gasteiger partial charge in [0.25, 0.3) is 0 Å². The lowest BCUT2D eigenvalue weighted by molar-refractivity contribution is 1.05. The second kappa shape index (κ2) is 13.7. The van der Waals surface area contributed by atoms with Gasteiger partial charge < -0.3 is 0 Å². The van der Waals surface area contributed by atoms with Crippen LogP contribution >= 0.6 is 0 Å². The lowest BCUT2D eigenvalue weighted by Crippen LogP contribution is -1.78. The van der Waals surface area contributed by atoms with Crippen LogP contribution in [0.2, 0.25) is 0 Å². The van der Waals surface area contributed by atoms with Crippen molar-refractivity contribution in [2.24, 2.45) is 0 Å². The van der Waals surface area contributed by atoms with Gasteiger partial charge in [-0.05, 0) is 42.5 Å². The van der Waals surface area contributed by atoms with Crippen molar-refractivity contribution < 1.29 is 0 Å². The summed E-state index contributed by atoms with van der Waals surface area (Å²) in [5.41, 5.74) is 4.79. The Kier molecular flexibility index (Phi) is 8.85. The molecule has 0 aliphatic rings. The molecule has 0 spiro atoms. The summed E-state index contributed by atoms with van der Waals surface area (Å²) in [6.45, 7) is 0. The van der Waals surface area contributed by atoms with E-state index < -0.39 is 0 Å². The van der Waals surface area contributed by atoms with Gasteiger partial charge in [-0.25, -0.2) is 9.97 Å². The number of rotatable bonds is 0. The zero-order valence-electron chi connectivity index (χ0n) is 21.4. The highest BCUT2D eigenvalue weighted by atomic mass is 15.1. The van der Waals surface area contributed by atoms with Crippen LogP contribution in [-0.2, 0) is 0 Å². The van der Waals surface area contributed by atoms with Crippen molar-refractivity contribution in [1.82, 2.24) is 40.1 Å². The molecular weight excluding hydrogens is 496 g/mol. The fourth-order valence-electron chi connectivity index (χ4n) is 3.67. The number of hydrogen-bond acceptors (Lipinski definition) is 8. The smallest absolute Gasteiger partial charge is 0.116 e. The topological polar surface area (TPSA) is 103 Å². The Balaban J connectivity index is 0.000000108. The van der Waals surface area contributed by atoms with Gasteiger partial charge in [0.05, 0.1) is 40.0 Å². The average molecular weight is 521 g/mol. The maximum Gasteiger partial charge on any atom is 0.116 e. The quantitative estimate of drug-likeness (QED) is 0.223. The molecule has 0 N–H and O–H groups in total. The highest BCUT2D eigenvalue weighted by Crippen LogP contribution is 2.09. The highest BCUT2D eigenvalue weighted by molar-refractivity contribution is 5.80. The predicted octanol–water partition coefficient (Wildman–Crippen LogP) is 6.52. The van der Waals surface area contributed by atoms with Crippen molar-refractivity contribution in [3.8, 4) is 0 Å². The molecular formula is C32H24N8. The van der Waals surface area contributed by atoms with Crippen LogP contribution in [0, 0.1) is 0 Å². The van der Waals surface area contributed by atoms with E-state index in [9.17, 15) is 0 Å². The maximum atomic E-state index is 4.12. The normalized spacial score (nSPS) is 10.0. The third kappa shape index (κ3) is 7.17. The number of aromatic nitrogens is 8. The van der Waals surface area contributed by atoms with Crippen LogP contribution in [0.3, 0.4) is 0 Å². The second-order valence-corrected chi connectivity index (χ2v) is 8.29. The molecule has 0 saturated carbocycles. The van der Waals surface area contributed by atoms with Crippen LogP contribution in [0.1, 0.15) is 0 Å². The van der Waals surface area contributed by atoms with E-state index in [-0.39, 0.29) is 0 Å². The monoisotopic (exact) mass is 520 g/mol. The number of pyridine rings is 2. The fraction of sp³-hybridized carbons (Fsp3) is 0. The van der Waals surface area contributed by atoms with E-state index >= 15 is 0 Å². The molecule has 5 aromatic heterocycles. The van der Waals surface area contributed by atoms with Gasteiger partial charge in [0.1, 0.15) is 6.33 Å². The van der Waals surface area contributed by atoms with Gasteiger partial charge in [-0.2, -0.15) is 10.2 Å². The van der Waals surface area contributed by atoms with Crippen molar-refractivity contribution in [2.75, 3.05) is 0 Å². The SMILES string of the molecule is c1ccc2cnncc2c1.c1ccc2nccnc2c1.c1ccc2ncncc2c1.c1cnc2cccnc2c1. The maximum absolute atomic E-state index is 4.12. The zero-order chi connectivity index (χ0) is 27.2. The summed E-state index contributed by atoms with van der Waals surface area (Å²) < 4.78 is 0. The molecule has 5 heterocycles. The van der Waals surface area contributed by atoms with Crippen LogP contribution in [0.4, 0.5) is 0 Å². The molecule has 0 fully saturated rings. The molecule has 3 aromatic carbocycles. The lowest BCUT2D eigenvalue weighted by atomic mass is 10.2. The molecule has 8 nitrogen and oxygen atoms in total. The third-order valence-electron chi connectivity index (χ3n) is 5.62. The molecule has 8 rings (SSSR count). The zero-order valence-corrected chi connectivity index (χ0v) is 21.4. The van der Waals surface area contributed by atoms with E-state index in [1.807, 2.05) is 103 Å². The van der Waals surface area contributed by atoms with E-state index in [0.717, 1.165) is 43.7 Å². The van der Waals surface area contributed by atoms with Crippen molar-refractivity contribution in [2.45, 2.75) is 0 Å². The first-order valence-corrected chi connectivity index (χ1v) is 12.5. The van der Waals surface area contributed by atoms with E-state index in [1.54, 1.807) is 43.5 Å². The van der Waals surface area contributed by atoms with Gasteiger partial charge in [0, 0.05) is 47.1 Å². The minimum absolute atomic E-state index is 0.949. The van der Waals surface area contributed by atoms with E-state index in [1.165, 1.54) is 0 Å². The first-order chi connectivity index (χ1) is 19.9. The summed E-state index contributed by atoms with van der Waals surface area (Å²) >= 11 is 0. The number of hydrogen-bond donors (Lipinski definition) is 0. The van der Waals surface area contributed by atoms with Crippen molar-refractivity contribution >= 4 is 43.7 Å². The summed E-state index contributed by atoms with van der Waals surface area (Å²) in [7, 11) is 0. The summed E-state index contributed by atoms with van der Waals surface area (Å²) in [5, 5.41) is 10.9. The van der Waals surface area contributed by atoms with Crippen LogP contribution in [0.15, 0.2) is 147 Å². The Hall–Kier alpha value is -5.76. The third-order valence-corrected chi connectivity index (χ3v) is 5.62. The van der Waals surface area contributed by atoms with E-state index in [0.29, 0.717) is 0 Å². The van der Waals surface area contributed by atoms with Crippen LogP contribution in [0.25, 0.3) is 43.7 Å². The molecule has 0 saturated heterocycles. The number of benzene rings is 3. The van der Waals surface area contributed by atoms with Gasteiger partial charge in [-0.3, -0.25) is 19.9 Å². The Bertz CT molecular complexity index is 1400. The van der Waals surface area contributed by atoms with E-state index in [2.05, 4.69) is 40.1 Å². The van der Waals surface area contributed by atoms with Gasteiger partial charge in [-0.15, -0.1) is 0 Å². The van der Waals surface area contributed by atoms with Gasteiger partial charge in [0.15, 0.2) is 0 Å². The number of nitrogens with zero attached hydrogens (tertiary/aromatic N) is 8. The molecule has 0 aliphatic carbocycles. The number of fused-ring (bicyclic) bond motifs is 4. The Morgan fingerprint density at radius 1 is 0.325 bits per heavy atom. The van der Waals surface area contributed by atoms with Crippen molar-refractivity contribution in [3.05, 3.63) is 147 Å². The van der Waals surface area contributed by atoms with Crippen molar-refractivity contribution in [1.29, 1.82) is 0 Å². The molecule has 0 aliphatic heterocycles. The molecule has 0 bridgehead atoms. The summed E-state index contributed by atoms with van der Waals surface area (Å²) in [5.74, 6) is 0. The Morgan fingerprint density at radius 3 is 1.27 bits per heavy atom. The first kappa shape index (κ1) is 25.9. The standard InChI is InChI=1S/4C8H6N2/c1-3-7-8(9-5-1)4-2-6-10-7;1-2-4-8-7(3-1)5-9-6-10-8;1-2-4-8-6-10-9-5-7(8)3-1;1-2-4-8-7(3-1)9-5-6-10-8/h4*1-6H. The summed E-state index contributed by atoms with van der Waals surface area (Å²) in [4.78, 5) is 24.4. The molecule has 0 atom stereocenters. The Labute approximate surface area is 230 Å². The van der Waals surface area contributed by atoms with E-state index in [4.69, 9.17) is 0 Å². The molecule has 192 valence electrons. The fourth-order valence-corrected chi connectivity index (χ4v) is 3.67. The molecule has 40 heavy (non-hydrogen) atoms. The minimum atomic E-state index is 0.949. The molecule has 8 heteroatoms. The summed E-state index contributed by atoms with van der Waals surface area (Å²) in [6.07, 6.45) is 13.8. The van der Waals surface area contributed by atoms with Gasteiger partial charge >= 0.3 is 0 Å². The predicted molar refractivity (Wildman–Crippen MR) is 158 cm³/mol.